The third-order valence-electron chi connectivity index (χ3n) is 3.73. The van der Waals surface area contributed by atoms with Crippen molar-refractivity contribution >= 4 is 30.7 Å². The van der Waals surface area contributed by atoms with Crippen LogP contribution in [0.5, 0.6) is 0 Å². The number of hydrogen-bond donors (Lipinski definition) is 1. The molecule has 22 heavy (non-hydrogen) atoms. The summed E-state index contributed by atoms with van der Waals surface area (Å²) in [5.41, 5.74) is 5.49. The topological polar surface area (TPSA) is 58.8 Å². The largest absolute Gasteiger partial charge is 0.401 e. The van der Waals surface area contributed by atoms with Crippen LogP contribution in [0.2, 0.25) is 0 Å². The van der Waals surface area contributed by atoms with Gasteiger partial charge in [-0.2, -0.15) is 13.2 Å². The first-order chi connectivity index (χ1) is 9.39. The predicted octanol–water partition coefficient (Wildman–Crippen LogP) is 1.04. The van der Waals surface area contributed by atoms with Gasteiger partial charge in [0.05, 0.1) is 12.6 Å². The van der Waals surface area contributed by atoms with Crippen LogP contribution in [0.15, 0.2) is 0 Å². The number of carbonyl (C=O) groups is 1. The fraction of sp³-hybridized carbons (Fsp3) is 0.917. The van der Waals surface area contributed by atoms with Crippen LogP contribution in [0, 0.1) is 0 Å². The molecular weight excluding hydrogens is 346 g/mol. The minimum absolute atomic E-state index is 0. The van der Waals surface area contributed by atoms with Gasteiger partial charge in [0.2, 0.25) is 0 Å². The van der Waals surface area contributed by atoms with Crippen LogP contribution < -0.4 is 5.73 Å². The van der Waals surface area contributed by atoms with E-state index in [4.69, 9.17) is 10.5 Å². The quantitative estimate of drug-likeness (QED) is 0.809. The summed E-state index contributed by atoms with van der Waals surface area (Å²) in [6.07, 6.45) is -3.33. The summed E-state index contributed by atoms with van der Waals surface area (Å²) in [6.45, 7) is 0.619. The highest BCUT2D eigenvalue weighted by atomic mass is 35.5. The van der Waals surface area contributed by atoms with Gasteiger partial charge in [-0.1, -0.05) is 0 Å². The number of carbonyl (C=O) groups excluding carboxylic acids is 1. The molecule has 1 amide bonds. The molecule has 0 aromatic carbocycles. The van der Waals surface area contributed by atoms with Crippen LogP contribution in [-0.2, 0) is 9.53 Å². The Bertz CT molecular complexity index is 353. The summed E-state index contributed by atoms with van der Waals surface area (Å²) < 4.78 is 42.3. The van der Waals surface area contributed by atoms with Crippen LogP contribution >= 0.6 is 24.8 Å². The highest BCUT2D eigenvalue weighted by molar-refractivity contribution is 5.85. The molecule has 2 aliphatic rings. The van der Waals surface area contributed by atoms with E-state index in [1.165, 1.54) is 4.90 Å². The van der Waals surface area contributed by atoms with Gasteiger partial charge >= 0.3 is 6.18 Å². The first kappa shape index (κ1) is 21.7. The molecule has 2 saturated heterocycles. The molecule has 2 N–H and O–H groups in total. The molecule has 5 nitrogen and oxygen atoms in total. The Morgan fingerprint density at radius 1 is 1.14 bits per heavy atom. The van der Waals surface area contributed by atoms with Crippen molar-refractivity contribution in [3.05, 3.63) is 0 Å². The molecule has 0 aliphatic carbocycles. The lowest BCUT2D eigenvalue weighted by Gasteiger charge is -2.36. The van der Waals surface area contributed by atoms with Crippen molar-refractivity contribution in [2.75, 3.05) is 39.3 Å². The van der Waals surface area contributed by atoms with E-state index < -0.39 is 18.8 Å². The molecule has 0 aromatic rings. The molecule has 0 radical (unpaired) electrons. The van der Waals surface area contributed by atoms with E-state index in [0.29, 0.717) is 26.1 Å². The molecule has 132 valence electrons. The van der Waals surface area contributed by atoms with Crippen molar-refractivity contribution in [1.82, 2.24) is 9.80 Å². The number of piperazine rings is 1. The second-order valence-electron chi connectivity index (χ2n) is 5.28. The third-order valence-corrected chi connectivity index (χ3v) is 3.73. The maximum absolute atomic E-state index is 12.3. The average molecular weight is 368 g/mol. The zero-order chi connectivity index (χ0) is 14.8. The van der Waals surface area contributed by atoms with E-state index in [9.17, 15) is 18.0 Å². The van der Waals surface area contributed by atoms with Crippen molar-refractivity contribution in [3.8, 4) is 0 Å². The zero-order valence-corrected chi connectivity index (χ0v) is 13.7. The van der Waals surface area contributed by atoms with Gasteiger partial charge in [-0.25, -0.2) is 0 Å². The number of nitrogens with zero attached hydrogens (tertiary/aromatic N) is 2. The van der Waals surface area contributed by atoms with Gasteiger partial charge in [0.25, 0.3) is 5.91 Å². The Balaban J connectivity index is 0.00000220. The number of alkyl halides is 3. The lowest BCUT2D eigenvalue weighted by molar-refractivity contribution is -0.155. The standard InChI is InChI=1S/C12H20F3N3O2.2ClH/c13-12(14,15)8-17-3-5-18(6-4-17)11(19)10-2-1-9(7-16)20-10;;/h9-10H,1-8,16H2;2*1H/t9-,10+;;/m1../s1. The van der Waals surface area contributed by atoms with Crippen molar-refractivity contribution in [1.29, 1.82) is 0 Å². The Morgan fingerprint density at radius 3 is 2.18 bits per heavy atom. The lowest BCUT2D eigenvalue weighted by Crippen LogP contribution is -2.53. The fourth-order valence-corrected chi connectivity index (χ4v) is 2.64. The van der Waals surface area contributed by atoms with Gasteiger partial charge in [0.1, 0.15) is 6.10 Å². The van der Waals surface area contributed by atoms with E-state index >= 15 is 0 Å². The van der Waals surface area contributed by atoms with Crippen molar-refractivity contribution < 1.29 is 22.7 Å². The second kappa shape index (κ2) is 9.12. The molecule has 2 aliphatic heterocycles. The minimum Gasteiger partial charge on any atom is -0.364 e. The molecule has 0 unspecified atom stereocenters. The molecular formula is C12H22Cl2F3N3O2. The SMILES string of the molecule is Cl.Cl.NC[C@H]1CC[C@@H](C(=O)N2CCN(CC(F)(F)F)CC2)O1. The van der Waals surface area contributed by atoms with Gasteiger partial charge in [-0.3, -0.25) is 9.69 Å². The number of ether oxygens (including phenoxy) is 1. The molecule has 0 bridgehead atoms. The van der Waals surface area contributed by atoms with Crippen LogP contribution in [0.1, 0.15) is 12.8 Å². The van der Waals surface area contributed by atoms with Crippen molar-refractivity contribution in [2.24, 2.45) is 5.73 Å². The van der Waals surface area contributed by atoms with Crippen LogP contribution in [0.25, 0.3) is 0 Å². The third kappa shape index (κ3) is 6.08. The summed E-state index contributed by atoms with van der Waals surface area (Å²) >= 11 is 0. The van der Waals surface area contributed by atoms with Crippen LogP contribution in [-0.4, -0.2) is 73.4 Å². The van der Waals surface area contributed by atoms with Gasteiger partial charge < -0.3 is 15.4 Å². The predicted molar refractivity (Wildman–Crippen MR) is 80.5 cm³/mol. The van der Waals surface area contributed by atoms with Crippen LogP contribution in [0.4, 0.5) is 13.2 Å². The number of halogens is 5. The summed E-state index contributed by atoms with van der Waals surface area (Å²) in [5, 5.41) is 0. The highest BCUT2D eigenvalue weighted by Crippen LogP contribution is 2.22. The van der Waals surface area contributed by atoms with Gasteiger partial charge in [-0.05, 0) is 12.8 Å². The van der Waals surface area contributed by atoms with E-state index in [1.54, 1.807) is 4.90 Å². The minimum atomic E-state index is -4.19. The van der Waals surface area contributed by atoms with Gasteiger partial charge in [-0.15, -0.1) is 24.8 Å². The van der Waals surface area contributed by atoms with E-state index in [1.807, 2.05) is 0 Å². The van der Waals surface area contributed by atoms with Gasteiger partial charge in [0, 0.05) is 32.7 Å². The number of nitrogens with two attached hydrogens (primary N) is 1. The maximum Gasteiger partial charge on any atom is 0.401 e. The molecule has 2 atom stereocenters. The Morgan fingerprint density at radius 2 is 1.73 bits per heavy atom. The first-order valence-electron chi connectivity index (χ1n) is 6.82. The summed E-state index contributed by atoms with van der Waals surface area (Å²) in [4.78, 5) is 15.1. The molecule has 0 spiro atoms. The van der Waals surface area contributed by atoms with Crippen molar-refractivity contribution in [3.63, 3.8) is 0 Å². The Kier molecular flexibility index (Phi) is 9.01. The Labute approximate surface area is 140 Å². The van der Waals surface area contributed by atoms with Gasteiger partial charge in [0.15, 0.2) is 0 Å². The zero-order valence-electron chi connectivity index (χ0n) is 12.1. The normalized spacial score (nSPS) is 26.3. The number of rotatable bonds is 3. The average Bonchev–Trinajstić information content (AvgIpc) is 2.85. The number of amides is 1. The van der Waals surface area contributed by atoms with E-state index in [-0.39, 0.29) is 49.9 Å². The molecule has 0 saturated carbocycles. The second-order valence-corrected chi connectivity index (χ2v) is 5.28. The number of hydrogen-bond acceptors (Lipinski definition) is 4. The van der Waals surface area contributed by atoms with E-state index in [2.05, 4.69) is 0 Å². The first-order valence-corrected chi connectivity index (χ1v) is 6.82. The lowest BCUT2D eigenvalue weighted by atomic mass is 10.1. The van der Waals surface area contributed by atoms with Crippen molar-refractivity contribution in [2.45, 2.75) is 31.2 Å². The summed E-state index contributed by atoms with van der Waals surface area (Å²) in [6, 6.07) is 0. The van der Waals surface area contributed by atoms with Crippen LogP contribution in [0.3, 0.4) is 0 Å². The summed E-state index contributed by atoms with van der Waals surface area (Å²) in [7, 11) is 0. The smallest absolute Gasteiger partial charge is 0.364 e. The summed E-state index contributed by atoms with van der Waals surface area (Å²) in [5.74, 6) is -0.118. The molecule has 2 heterocycles. The molecule has 2 rings (SSSR count). The van der Waals surface area contributed by atoms with E-state index in [0.717, 1.165) is 6.42 Å². The molecule has 2 fully saturated rings. The Hall–Kier alpha value is -0.280. The molecule has 0 aromatic heterocycles. The highest BCUT2D eigenvalue weighted by Gasteiger charge is 2.36. The fourth-order valence-electron chi connectivity index (χ4n) is 2.64. The monoisotopic (exact) mass is 367 g/mol. The molecule has 10 heteroatoms. The maximum atomic E-state index is 12.3.